The van der Waals surface area contributed by atoms with Crippen molar-refractivity contribution in [2.45, 2.75) is 95.2 Å². The first kappa shape index (κ1) is 35.6. The van der Waals surface area contributed by atoms with Crippen LogP contribution in [-0.4, -0.2) is 105 Å². The fourth-order valence-corrected chi connectivity index (χ4v) is 9.51. The second-order valence-corrected chi connectivity index (χ2v) is 15.9. The van der Waals surface area contributed by atoms with E-state index in [-0.39, 0.29) is 72.0 Å². The summed E-state index contributed by atoms with van der Waals surface area (Å²) >= 11 is 6.85. The molecule has 4 fully saturated rings. The van der Waals surface area contributed by atoms with Crippen molar-refractivity contribution in [1.82, 2.24) is 30.0 Å². The summed E-state index contributed by atoms with van der Waals surface area (Å²) in [6, 6.07) is 2.16. The third-order valence-electron chi connectivity index (χ3n) is 11.8. The highest BCUT2D eigenvalue weighted by Gasteiger charge is 2.51. The van der Waals surface area contributed by atoms with Crippen molar-refractivity contribution in [2.75, 3.05) is 51.5 Å². The zero-order valence-electron chi connectivity index (χ0n) is 29.8. The number of piperidine rings is 1. The monoisotopic (exact) mass is 743 g/mol. The minimum absolute atomic E-state index is 0.0105. The summed E-state index contributed by atoms with van der Waals surface area (Å²) in [5.74, 6) is -2.92. The molecule has 0 amide bonds. The molecule has 3 atom stereocenters. The van der Waals surface area contributed by atoms with Crippen molar-refractivity contribution >= 4 is 39.2 Å². The number of aromatic nitrogens is 5. The van der Waals surface area contributed by atoms with Gasteiger partial charge in [-0.15, -0.1) is 0 Å². The molecule has 52 heavy (non-hydrogen) atoms. The molecule has 280 valence electrons. The molecule has 8 rings (SSSR count). The molecule has 5 heterocycles. The molecule has 2 saturated carbocycles. The zero-order chi connectivity index (χ0) is 36.4. The van der Waals surface area contributed by atoms with Crippen LogP contribution in [0.5, 0.6) is 11.9 Å². The largest absolute Gasteiger partial charge is 0.480 e. The van der Waals surface area contributed by atoms with Crippen LogP contribution in [0.2, 0.25) is 5.02 Å². The lowest BCUT2D eigenvalue weighted by atomic mass is 9.74. The number of pyridine rings is 1. The lowest BCUT2D eigenvalue weighted by Crippen LogP contribution is -2.56. The minimum Gasteiger partial charge on any atom is -0.480 e. The van der Waals surface area contributed by atoms with Gasteiger partial charge in [0.15, 0.2) is 5.82 Å². The number of alkyl halides is 2. The van der Waals surface area contributed by atoms with E-state index in [0.717, 1.165) is 38.6 Å². The SMILES string of the molecule is COc1nc(-c2c(Cl)c(C)cc3[nH]ncc23)c(F)c2nc(OC[C@]34CCC[C@H]3N(C3CCC(F)(F)CC3)CCC4)nc(N3CCOC[C@@](C)(O)C3)c12. The maximum atomic E-state index is 17.2. The molecule has 4 aromatic rings. The van der Waals surface area contributed by atoms with Crippen molar-refractivity contribution in [3.05, 3.63) is 28.7 Å². The van der Waals surface area contributed by atoms with Gasteiger partial charge in [-0.05, 0) is 70.5 Å². The van der Waals surface area contributed by atoms with Gasteiger partial charge in [0.05, 0.1) is 50.2 Å². The van der Waals surface area contributed by atoms with E-state index in [0.29, 0.717) is 65.5 Å². The zero-order valence-corrected chi connectivity index (χ0v) is 30.5. The van der Waals surface area contributed by atoms with Gasteiger partial charge in [-0.2, -0.15) is 15.1 Å². The quantitative estimate of drug-likeness (QED) is 0.208. The summed E-state index contributed by atoms with van der Waals surface area (Å²) in [5.41, 5.74) is 0.189. The molecule has 4 aliphatic rings. The number of benzene rings is 1. The number of halogens is 4. The number of methoxy groups -OCH3 is 1. The predicted octanol–water partition coefficient (Wildman–Crippen LogP) is 6.86. The van der Waals surface area contributed by atoms with Crippen molar-refractivity contribution in [1.29, 1.82) is 0 Å². The van der Waals surface area contributed by atoms with Gasteiger partial charge in [-0.25, -0.2) is 18.2 Å². The molecule has 3 aromatic heterocycles. The molecule has 11 nitrogen and oxygen atoms in total. The van der Waals surface area contributed by atoms with Crippen molar-refractivity contribution < 1.29 is 32.5 Å². The number of hydrogen-bond donors (Lipinski definition) is 2. The normalized spacial score (nSPS) is 27.2. The predicted molar refractivity (Wildman–Crippen MR) is 191 cm³/mol. The molecule has 0 unspecified atom stereocenters. The number of H-pyrrole nitrogens is 1. The van der Waals surface area contributed by atoms with Gasteiger partial charge in [0.2, 0.25) is 11.8 Å². The van der Waals surface area contributed by atoms with E-state index in [2.05, 4.69) is 20.1 Å². The van der Waals surface area contributed by atoms with Crippen molar-refractivity contribution in [3.63, 3.8) is 0 Å². The number of likely N-dealkylation sites (tertiary alicyclic amines) is 1. The molecule has 2 aliphatic heterocycles. The van der Waals surface area contributed by atoms with Gasteiger partial charge < -0.3 is 24.2 Å². The maximum absolute atomic E-state index is 17.2. The number of ether oxygens (including phenoxy) is 3. The van der Waals surface area contributed by atoms with E-state index >= 15 is 4.39 Å². The first-order chi connectivity index (χ1) is 24.9. The second kappa shape index (κ2) is 13.4. The molecule has 0 radical (unpaired) electrons. The fourth-order valence-electron chi connectivity index (χ4n) is 9.27. The molecule has 0 bridgehead atoms. The molecule has 0 spiro atoms. The Kier molecular flexibility index (Phi) is 9.19. The first-order valence-electron chi connectivity index (χ1n) is 18.3. The fraction of sp³-hybridized carbons (Fsp3) is 0.622. The number of anilines is 1. The first-order valence-corrected chi connectivity index (χ1v) is 18.7. The van der Waals surface area contributed by atoms with Gasteiger partial charge in [-0.3, -0.25) is 10.00 Å². The number of aliphatic hydroxyl groups is 1. The van der Waals surface area contributed by atoms with Crippen LogP contribution < -0.4 is 14.4 Å². The summed E-state index contributed by atoms with van der Waals surface area (Å²) < 4.78 is 63.5. The number of aryl methyl sites for hydroxylation is 1. The van der Waals surface area contributed by atoms with Crippen molar-refractivity contribution in [3.8, 4) is 23.1 Å². The molecule has 15 heteroatoms. The smallest absolute Gasteiger partial charge is 0.319 e. The van der Waals surface area contributed by atoms with Crippen LogP contribution >= 0.6 is 11.6 Å². The summed E-state index contributed by atoms with van der Waals surface area (Å²) in [4.78, 5) is 18.6. The molecular weight excluding hydrogens is 699 g/mol. The standard InChI is InChI=1S/C37H45ClF3N7O4/c1-21-16-24-23(17-42-46-24)26(28(21)38)30-29(39)31-27(33(43-30)50-3)32(47-14-15-51-19-35(2,49)18-47)45-34(44-31)52-20-36-9-4-6-25(36)48(13-5-10-36)22-7-11-37(40,41)12-8-22/h16-17,22,25,49H,4-15,18-20H2,1-3H3,(H,42,46)/t25-,35+,36-/m1/s1. The van der Waals surface area contributed by atoms with Crippen LogP contribution in [0, 0.1) is 18.2 Å². The number of hydrogen-bond acceptors (Lipinski definition) is 10. The number of nitrogens with zero attached hydrogens (tertiary/aromatic N) is 6. The summed E-state index contributed by atoms with van der Waals surface area (Å²) in [5, 5.41) is 19.4. The van der Waals surface area contributed by atoms with Crippen molar-refractivity contribution in [2.24, 2.45) is 5.41 Å². The maximum Gasteiger partial charge on any atom is 0.319 e. The molecule has 2 saturated heterocycles. The summed E-state index contributed by atoms with van der Waals surface area (Å²) in [7, 11) is 1.45. The Labute approximate surface area is 305 Å². The number of rotatable bonds is 7. The van der Waals surface area contributed by atoms with Crippen LogP contribution in [0.15, 0.2) is 12.3 Å². The Hall–Kier alpha value is -3.46. The average Bonchev–Trinajstić information content (AvgIpc) is 3.72. The van der Waals surface area contributed by atoms with E-state index in [1.165, 1.54) is 7.11 Å². The molecule has 2 N–H and O–H groups in total. The van der Waals surface area contributed by atoms with Crippen LogP contribution in [-0.2, 0) is 4.74 Å². The van der Waals surface area contributed by atoms with Gasteiger partial charge in [0, 0.05) is 47.8 Å². The number of fused-ring (bicyclic) bond motifs is 3. The molecule has 2 aliphatic carbocycles. The van der Waals surface area contributed by atoms with Crippen LogP contribution in [0.25, 0.3) is 33.1 Å². The van der Waals surface area contributed by atoms with E-state index in [4.69, 9.17) is 35.8 Å². The highest BCUT2D eigenvalue weighted by atomic mass is 35.5. The average molecular weight is 744 g/mol. The van der Waals surface area contributed by atoms with E-state index in [1.54, 1.807) is 13.1 Å². The van der Waals surface area contributed by atoms with Gasteiger partial charge >= 0.3 is 6.01 Å². The molecular formula is C37H45ClF3N7O4. The Balaban J connectivity index is 1.22. The van der Waals surface area contributed by atoms with E-state index in [9.17, 15) is 13.9 Å². The van der Waals surface area contributed by atoms with E-state index < -0.39 is 17.3 Å². The third kappa shape index (κ3) is 6.32. The van der Waals surface area contributed by atoms with Gasteiger partial charge in [0.25, 0.3) is 0 Å². The highest BCUT2D eigenvalue weighted by molar-refractivity contribution is 6.35. The second-order valence-electron chi connectivity index (χ2n) is 15.5. The molecule has 1 aromatic carbocycles. The lowest BCUT2D eigenvalue weighted by Gasteiger charge is -2.50. The number of nitrogens with one attached hydrogen (secondary N) is 1. The van der Waals surface area contributed by atoms with Crippen LogP contribution in [0.4, 0.5) is 19.0 Å². The van der Waals surface area contributed by atoms with Crippen LogP contribution in [0.1, 0.15) is 70.3 Å². The Morgan fingerprint density at radius 1 is 1.10 bits per heavy atom. The Morgan fingerprint density at radius 3 is 2.67 bits per heavy atom. The summed E-state index contributed by atoms with van der Waals surface area (Å²) in [6.45, 7) is 5.63. The summed E-state index contributed by atoms with van der Waals surface area (Å²) in [6.07, 6.45) is 7.24. The third-order valence-corrected chi connectivity index (χ3v) is 12.2. The number of β-amino-alcohol motifs (C(OH)–C–C–N with tert-alkyl or cyclic N) is 1. The lowest BCUT2D eigenvalue weighted by molar-refractivity contribution is -0.0801. The van der Waals surface area contributed by atoms with Crippen LogP contribution in [0.3, 0.4) is 0 Å². The van der Waals surface area contributed by atoms with E-state index in [1.807, 2.05) is 17.9 Å². The minimum atomic E-state index is -2.58. The van der Waals surface area contributed by atoms with Gasteiger partial charge in [0.1, 0.15) is 28.0 Å². The van der Waals surface area contributed by atoms with Gasteiger partial charge in [-0.1, -0.05) is 18.0 Å². The number of aromatic amines is 1. The highest BCUT2D eigenvalue weighted by Crippen LogP contribution is 2.51. The Morgan fingerprint density at radius 2 is 1.88 bits per heavy atom. The Bertz CT molecular complexity index is 1990. The topological polar surface area (TPSA) is 122 Å².